The lowest BCUT2D eigenvalue weighted by atomic mass is 9.84. The fourth-order valence-electron chi connectivity index (χ4n) is 2.75. The van der Waals surface area contributed by atoms with Gasteiger partial charge in [0.1, 0.15) is 0 Å². The molecule has 3 nitrogen and oxygen atoms in total. The molecule has 1 aromatic rings. The number of rotatable bonds is 4. The number of hydrogen-bond donors (Lipinski definition) is 1. The summed E-state index contributed by atoms with van der Waals surface area (Å²) in [5, 5.41) is 4.22. The summed E-state index contributed by atoms with van der Waals surface area (Å²) in [6.07, 6.45) is 8.01. The van der Waals surface area contributed by atoms with E-state index in [1.54, 1.807) is 0 Å². The van der Waals surface area contributed by atoms with Crippen molar-refractivity contribution >= 4 is 11.5 Å². The molecule has 96 valence electrons. The van der Waals surface area contributed by atoms with Gasteiger partial charge in [0.25, 0.3) is 0 Å². The Morgan fingerprint density at radius 2 is 2.00 bits per heavy atom. The molecule has 1 aliphatic carbocycles. The number of aromatic nitrogens is 2. The van der Waals surface area contributed by atoms with Crippen LogP contribution in [-0.2, 0) is 0 Å². The first-order valence-electron chi connectivity index (χ1n) is 6.76. The Hall–Kier alpha value is -0.480. The van der Waals surface area contributed by atoms with E-state index >= 15 is 0 Å². The lowest BCUT2D eigenvalue weighted by Crippen LogP contribution is -2.18. The van der Waals surface area contributed by atoms with Crippen molar-refractivity contribution in [3.05, 3.63) is 10.6 Å². The van der Waals surface area contributed by atoms with E-state index in [-0.39, 0.29) is 6.04 Å². The molecule has 1 aliphatic rings. The van der Waals surface area contributed by atoms with E-state index in [1.165, 1.54) is 48.5 Å². The second-order valence-electron chi connectivity index (χ2n) is 5.52. The summed E-state index contributed by atoms with van der Waals surface area (Å²) in [6, 6.07) is 0.149. The van der Waals surface area contributed by atoms with Crippen molar-refractivity contribution in [1.29, 1.82) is 0 Å². The van der Waals surface area contributed by atoms with Crippen LogP contribution < -0.4 is 5.73 Å². The van der Waals surface area contributed by atoms with E-state index in [0.717, 1.165) is 18.0 Å². The molecule has 0 aromatic carbocycles. The van der Waals surface area contributed by atoms with Gasteiger partial charge in [0.2, 0.25) is 0 Å². The zero-order valence-corrected chi connectivity index (χ0v) is 11.7. The van der Waals surface area contributed by atoms with Crippen LogP contribution in [-0.4, -0.2) is 9.59 Å². The Bertz CT molecular complexity index is 342. The van der Waals surface area contributed by atoms with Crippen molar-refractivity contribution in [3.63, 3.8) is 0 Å². The van der Waals surface area contributed by atoms with Crippen LogP contribution in [0.25, 0.3) is 0 Å². The fraction of sp³-hybridized carbons (Fsp3) is 0.846. The molecule has 0 spiro atoms. The molecule has 17 heavy (non-hydrogen) atoms. The van der Waals surface area contributed by atoms with Gasteiger partial charge in [-0.05, 0) is 29.8 Å². The Labute approximate surface area is 108 Å². The summed E-state index contributed by atoms with van der Waals surface area (Å²) in [5.74, 6) is 1.25. The van der Waals surface area contributed by atoms with Crippen LogP contribution >= 0.6 is 11.5 Å². The molecule has 0 saturated heterocycles. The topological polar surface area (TPSA) is 51.8 Å². The third-order valence-electron chi connectivity index (χ3n) is 3.74. The lowest BCUT2D eigenvalue weighted by Gasteiger charge is -2.24. The van der Waals surface area contributed by atoms with Crippen LogP contribution in [0.5, 0.6) is 0 Å². The first-order valence-corrected chi connectivity index (χ1v) is 7.53. The largest absolute Gasteiger partial charge is 0.323 e. The molecule has 2 N–H and O–H groups in total. The Morgan fingerprint density at radius 1 is 1.29 bits per heavy atom. The van der Waals surface area contributed by atoms with Gasteiger partial charge < -0.3 is 5.73 Å². The highest BCUT2D eigenvalue weighted by atomic mass is 32.1. The molecule has 0 bridgehead atoms. The van der Waals surface area contributed by atoms with E-state index in [4.69, 9.17) is 5.73 Å². The predicted octanol–water partition coefficient (Wildman–Crippen LogP) is 3.63. The van der Waals surface area contributed by atoms with Crippen LogP contribution in [0.15, 0.2) is 0 Å². The zero-order valence-electron chi connectivity index (χ0n) is 10.9. The van der Waals surface area contributed by atoms with Crippen LogP contribution in [0.1, 0.15) is 74.9 Å². The van der Waals surface area contributed by atoms with Gasteiger partial charge in [-0.25, -0.2) is 0 Å². The molecule has 4 heteroatoms. The van der Waals surface area contributed by atoms with Crippen LogP contribution in [0, 0.1) is 5.92 Å². The SMILES string of the molecule is CC(C)c1nnsc1C(N)CC1CCCCC1. The fourth-order valence-corrected chi connectivity index (χ4v) is 3.57. The van der Waals surface area contributed by atoms with Gasteiger partial charge >= 0.3 is 0 Å². The molecule has 1 aromatic heterocycles. The van der Waals surface area contributed by atoms with Crippen LogP contribution in [0.4, 0.5) is 0 Å². The third kappa shape index (κ3) is 3.26. The number of nitrogens with two attached hydrogens (primary N) is 1. The standard InChI is InChI=1S/C13H23N3S/c1-9(2)12-13(17-16-15-12)11(14)8-10-6-4-3-5-7-10/h9-11H,3-8,14H2,1-2H3. The minimum atomic E-state index is 0.149. The molecule has 1 saturated carbocycles. The first kappa shape index (κ1) is 13.0. The van der Waals surface area contributed by atoms with Crippen molar-refractivity contribution in [3.8, 4) is 0 Å². The van der Waals surface area contributed by atoms with Gasteiger partial charge in [0.15, 0.2) is 0 Å². The predicted molar refractivity (Wildman–Crippen MR) is 72.1 cm³/mol. The van der Waals surface area contributed by atoms with E-state index < -0.39 is 0 Å². The average molecular weight is 253 g/mol. The van der Waals surface area contributed by atoms with Crippen molar-refractivity contribution in [2.24, 2.45) is 11.7 Å². The van der Waals surface area contributed by atoms with Crippen molar-refractivity contribution in [2.75, 3.05) is 0 Å². The maximum atomic E-state index is 6.34. The van der Waals surface area contributed by atoms with E-state index in [1.807, 2.05) is 0 Å². The molecule has 0 aliphatic heterocycles. The Kier molecular flexibility index (Phi) is 4.51. The van der Waals surface area contributed by atoms with Gasteiger partial charge in [-0.15, -0.1) is 5.10 Å². The highest BCUT2D eigenvalue weighted by Gasteiger charge is 2.22. The number of nitrogens with zero attached hydrogens (tertiary/aromatic N) is 2. The van der Waals surface area contributed by atoms with E-state index in [9.17, 15) is 0 Å². The highest BCUT2D eigenvalue weighted by Crippen LogP contribution is 2.33. The minimum absolute atomic E-state index is 0.149. The zero-order chi connectivity index (χ0) is 12.3. The average Bonchev–Trinajstić information content (AvgIpc) is 2.79. The summed E-state index contributed by atoms with van der Waals surface area (Å²) in [5.41, 5.74) is 7.45. The molecule has 1 unspecified atom stereocenters. The Balaban J connectivity index is 1.98. The summed E-state index contributed by atoms with van der Waals surface area (Å²) in [4.78, 5) is 1.21. The molecule has 1 fully saturated rings. The molecule has 0 radical (unpaired) electrons. The van der Waals surface area contributed by atoms with E-state index in [2.05, 4.69) is 23.4 Å². The number of hydrogen-bond acceptors (Lipinski definition) is 4. The second kappa shape index (κ2) is 5.91. The Morgan fingerprint density at radius 3 is 2.65 bits per heavy atom. The van der Waals surface area contributed by atoms with Gasteiger partial charge in [0.05, 0.1) is 10.6 Å². The maximum absolute atomic E-state index is 6.34. The second-order valence-corrected chi connectivity index (χ2v) is 6.31. The smallest absolute Gasteiger partial charge is 0.0828 e. The summed E-state index contributed by atoms with van der Waals surface area (Å²) in [6.45, 7) is 4.32. The maximum Gasteiger partial charge on any atom is 0.0828 e. The molecule has 1 heterocycles. The van der Waals surface area contributed by atoms with E-state index in [0.29, 0.717) is 5.92 Å². The van der Waals surface area contributed by atoms with Gasteiger partial charge in [-0.1, -0.05) is 50.4 Å². The quantitative estimate of drug-likeness (QED) is 0.891. The van der Waals surface area contributed by atoms with Crippen LogP contribution in [0.3, 0.4) is 0 Å². The van der Waals surface area contributed by atoms with Crippen LogP contribution in [0.2, 0.25) is 0 Å². The van der Waals surface area contributed by atoms with Crippen molar-refractivity contribution in [2.45, 2.75) is 64.3 Å². The molecule has 1 atom stereocenters. The molecule has 0 amide bonds. The third-order valence-corrected chi connectivity index (χ3v) is 4.61. The summed E-state index contributed by atoms with van der Waals surface area (Å²) in [7, 11) is 0. The summed E-state index contributed by atoms with van der Waals surface area (Å²) >= 11 is 1.49. The van der Waals surface area contributed by atoms with Gasteiger partial charge in [0, 0.05) is 6.04 Å². The lowest BCUT2D eigenvalue weighted by molar-refractivity contribution is 0.319. The minimum Gasteiger partial charge on any atom is -0.323 e. The monoisotopic (exact) mass is 253 g/mol. The first-order chi connectivity index (χ1) is 8.18. The highest BCUT2D eigenvalue weighted by molar-refractivity contribution is 7.05. The molecule has 2 rings (SSSR count). The van der Waals surface area contributed by atoms with Crippen molar-refractivity contribution in [1.82, 2.24) is 9.59 Å². The molecular formula is C13H23N3S. The molecular weight excluding hydrogens is 230 g/mol. The van der Waals surface area contributed by atoms with Crippen molar-refractivity contribution < 1.29 is 0 Å². The van der Waals surface area contributed by atoms with Gasteiger partial charge in [-0.2, -0.15) is 0 Å². The van der Waals surface area contributed by atoms with Gasteiger partial charge in [-0.3, -0.25) is 0 Å². The summed E-state index contributed by atoms with van der Waals surface area (Å²) < 4.78 is 4.07. The normalized spacial score (nSPS) is 19.8.